The largest absolute Gasteiger partial charge is 0.375 e. The normalized spacial score (nSPS) is 27.8. The fourth-order valence-electron chi connectivity index (χ4n) is 3.24. The van der Waals surface area contributed by atoms with E-state index in [1.165, 1.54) is 19.3 Å². The van der Waals surface area contributed by atoms with Crippen molar-refractivity contribution < 1.29 is 9.53 Å². The zero-order chi connectivity index (χ0) is 13.0. The van der Waals surface area contributed by atoms with Crippen molar-refractivity contribution in [2.24, 2.45) is 17.6 Å². The molecule has 3 nitrogen and oxygen atoms in total. The molecule has 2 unspecified atom stereocenters. The zero-order valence-electron chi connectivity index (χ0n) is 11.6. The maximum absolute atomic E-state index is 12.2. The van der Waals surface area contributed by atoms with Crippen molar-refractivity contribution in [3.05, 3.63) is 0 Å². The lowest BCUT2D eigenvalue weighted by Crippen LogP contribution is -2.47. The first-order valence-corrected chi connectivity index (χ1v) is 7.52. The standard InChI is InChI=1S/C15H27NO2/c1-12(5-9-16)3-4-14(17)13-6-10-18-15(11-13)7-2-8-15/h12-13H,2-11,16H2,1H3. The molecule has 1 aliphatic heterocycles. The van der Waals surface area contributed by atoms with Gasteiger partial charge in [-0.15, -0.1) is 0 Å². The number of carbonyl (C=O) groups excluding carboxylic acids is 1. The summed E-state index contributed by atoms with van der Waals surface area (Å²) in [6, 6.07) is 0. The van der Waals surface area contributed by atoms with Crippen LogP contribution in [-0.2, 0) is 9.53 Å². The van der Waals surface area contributed by atoms with Crippen LogP contribution in [0.3, 0.4) is 0 Å². The molecule has 0 aromatic rings. The van der Waals surface area contributed by atoms with Gasteiger partial charge in [-0.25, -0.2) is 0 Å². The Morgan fingerprint density at radius 3 is 2.83 bits per heavy atom. The highest BCUT2D eigenvalue weighted by atomic mass is 16.5. The summed E-state index contributed by atoms with van der Waals surface area (Å²) in [7, 11) is 0. The monoisotopic (exact) mass is 253 g/mol. The Bertz CT molecular complexity index is 286. The van der Waals surface area contributed by atoms with Crippen molar-refractivity contribution in [2.75, 3.05) is 13.2 Å². The second-order valence-corrected chi connectivity index (χ2v) is 6.26. The fraction of sp³-hybridized carbons (Fsp3) is 0.933. The molecule has 1 saturated carbocycles. The SMILES string of the molecule is CC(CCN)CCC(=O)C1CCOC2(CCC2)C1. The molecule has 3 heteroatoms. The Kier molecular flexibility index (Phi) is 4.79. The third-order valence-electron chi connectivity index (χ3n) is 4.76. The fourth-order valence-corrected chi connectivity index (χ4v) is 3.24. The Labute approximate surface area is 110 Å². The van der Waals surface area contributed by atoms with Gasteiger partial charge in [-0.1, -0.05) is 6.92 Å². The number of ether oxygens (including phenoxy) is 1. The van der Waals surface area contributed by atoms with E-state index in [2.05, 4.69) is 6.92 Å². The van der Waals surface area contributed by atoms with Crippen molar-refractivity contribution in [1.82, 2.24) is 0 Å². The minimum atomic E-state index is 0.0987. The molecule has 104 valence electrons. The zero-order valence-corrected chi connectivity index (χ0v) is 11.6. The van der Waals surface area contributed by atoms with E-state index in [9.17, 15) is 4.79 Å². The van der Waals surface area contributed by atoms with E-state index in [0.717, 1.165) is 45.3 Å². The summed E-state index contributed by atoms with van der Waals surface area (Å²) >= 11 is 0. The highest BCUT2D eigenvalue weighted by Crippen LogP contribution is 2.44. The molecule has 2 atom stereocenters. The number of ketones is 1. The molecule has 1 heterocycles. The molecule has 18 heavy (non-hydrogen) atoms. The van der Waals surface area contributed by atoms with Crippen molar-refractivity contribution in [2.45, 2.75) is 63.9 Å². The number of carbonyl (C=O) groups is 1. The van der Waals surface area contributed by atoms with Crippen LogP contribution in [0.25, 0.3) is 0 Å². The maximum atomic E-state index is 12.2. The molecule has 0 aromatic heterocycles. The summed E-state index contributed by atoms with van der Waals surface area (Å²) in [5, 5.41) is 0. The topological polar surface area (TPSA) is 52.3 Å². The third-order valence-corrected chi connectivity index (χ3v) is 4.76. The van der Waals surface area contributed by atoms with E-state index in [1.807, 2.05) is 0 Å². The molecule has 0 radical (unpaired) electrons. The van der Waals surface area contributed by atoms with Gasteiger partial charge < -0.3 is 10.5 Å². The lowest BCUT2D eigenvalue weighted by atomic mass is 9.70. The van der Waals surface area contributed by atoms with Crippen molar-refractivity contribution >= 4 is 5.78 Å². The van der Waals surface area contributed by atoms with Crippen LogP contribution in [0.4, 0.5) is 0 Å². The Hall–Kier alpha value is -0.410. The quantitative estimate of drug-likeness (QED) is 0.791. The molecule has 2 fully saturated rings. The highest BCUT2D eigenvalue weighted by Gasteiger charge is 2.43. The molecule has 2 rings (SSSR count). The first-order valence-electron chi connectivity index (χ1n) is 7.52. The summed E-state index contributed by atoms with van der Waals surface area (Å²) in [4.78, 5) is 12.2. The molecule has 0 bridgehead atoms. The van der Waals surface area contributed by atoms with Crippen LogP contribution < -0.4 is 5.73 Å². The number of Topliss-reactive ketones (excluding diaryl/α,β-unsaturated/α-hetero) is 1. The molecule has 0 amide bonds. The van der Waals surface area contributed by atoms with Crippen LogP contribution in [0.1, 0.15) is 58.3 Å². The van der Waals surface area contributed by atoms with Gasteiger partial charge in [0, 0.05) is 18.9 Å². The van der Waals surface area contributed by atoms with Gasteiger partial charge in [0.05, 0.1) is 5.60 Å². The van der Waals surface area contributed by atoms with Gasteiger partial charge in [0.25, 0.3) is 0 Å². The Balaban J connectivity index is 1.74. The van der Waals surface area contributed by atoms with Gasteiger partial charge in [0.1, 0.15) is 5.78 Å². The van der Waals surface area contributed by atoms with Crippen molar-refractivity contribution in [1.29, 1.82) is 0 Å². The van der Waals surface area contributed by atoms with E-state index in [4.69, 9.17) is 10.5 Å². The first-order chi connectivity index (χ1) is 8.65. The summed E-state index contributed by atoms with van der Waals surface area (Å²) < 4.78 is 5.88. The summed E-state index contributed by atoms with van der Waals surface area (Å²) in [5.41, 5.74) is 5.64. The van der Waals surface area contributed by atoms with E-state index in [0.29, 0.717) is 11.7 Å². The molecule has 2 N–H and O–H groups in total. The van der Waals surface area contributed by atoms with Gasteiger partial charge in [-0.3, -0.25) is 4.79 Å². The third kappa shape index (κ3) is 3.33. The van der Waals surface area contributed by atoms with Crippen LogP contribution in [0.2, 0.25) is 0 Å². The van der Waals surface area contributed by atoms with Gasteiger partial charge in [-0.05, 0) is 57.4 Å². The van der Waals surface area contributed by atoms with Gasteiger partial charge in [0.2, 0.25) is 0 Å². The number of hydrogen-bond acceptors (Lipinski definition) is 3. The number of nitrogens with two attached hydrogens (primary N) is 1. The predicted molar refractivity (Wildman–Crippen MR) is 72.3 cm³/mol. The molecule has 1 aliphatic carbocycles. The van der Waals surface area contributed by atoms with Crippen molar-refractivity contribution in [3.63, 3.8) is 0 Å². The van der Waals surface area contributed by atoms with Gasteiger partial charge in [-0.2, -0.15) is 0 Å². The average Bonchev–Trinajstić information content (AvgIpc) is 2.34. The average molecular weight is 253 g/mol. The lowest BCUT2D eigenvalue weighted by Gasteiger charge is -2.46. The molecule has 1 saturated heterocycles. The van der Waals surface area contributed by atoms with Crippen LogP contribution in [0.5, 0.6) is 0 Å². The molecule has 0 aromatic carbocycles. The van der Waals surface area contributed by atoms with Gasteiger partial charge in [0.15, 0.2) is 0 Å². The van der Waals surface area contributed by atoms with Crippen LogP contribution in [0.15, 0.2) is 0 Å². The van der Waals surface area contributed by atoms with Crippen LogP contribution >= 0.6 is 0 Å². The Morgan fingerprint density at radius 2 is 2.22 bits per heavy atom. The molecular formula is C15H27NO2. The van der Waals surface area contributed by atoms with E-state index < -0.39 is 0 Å². The van der Waals surface area contributed by atoms with Crippen LogP contribution in [-0.4, -0.2) is 24.5 Å². The summed E-state index contributed by atoms with van der Waals surface area (Å²) in [6.45, 7) is 3.71. The lowest BCUT2D eigenvalue weighted by molar-refractivity contribution is -0.155. The highest BCUT2D eigenvalue weighted by molar-refractivity contribution is 5.81. The van der Waals surface area contributed by atoms with E-state index in [1.54, 1.807) is 0 Å². The second kappa shape index (κ2) is 6.16. The van der Waals surface area contributed by atoms with Crippen molar-refractivity contribution in [3.8, 4) is 0 Å². The summed E-state index contributed by atoms with van der Waals surface area (Å²) in [6.07, 6.45) is 8.30. The molecule has 1 spiro atoms. The number of hydrogen-bond donors (Lipinski definition) is 1. The minimum Gasteiger partial charge on any atom is -0.375 e. The molecular weight excluding hydrogens is 226 g/mol. The first kappa shape index (κ1) is 14.0. The second-order valence-electron chi connectivity index (χ2n) is 6.26. The molecule has 2 aliphatic rings. The van der Waals surface area contributed by atoms with Crippen LogP contribution in [0, 0.1) is 11.8 Å². The van der Waals surface area contributed by atoms with E-state index in [-0.39, 0.29) is 11.5 Å². The smallest absolute Gasteiger partial charge is 0.136 e. The summed E-state index contributed by atoms with van der Waals surface area (Å²) in [5.74, 6) is 1.31. The minimum absolute atomic E-state index is 0.0987. The Morgan fingerprint density at radius 1 is 1.44 bits per heavy atom. The number of rotatable bonds is 6. The maximum Gasteiger partial charge on any atom is 0.136 e. The van der Waals surface area contributed by atoms with E-state index >= 15 is 0 Å². The van der Waals surface area contributed by atoms with Gasteiger partial charge >= 0.3 is 0 Å². The predicted octanol–water partition coefficient (Wildman–Crippen LogP) is 2.67.